The molecule has 0 amide bonds. The Morgan fingerprint density at radius 3 is 2.18 bits per heavy atom. The zero-order valence-corrected chi connectivity index (χ0v) is 11.1. The van der Waals surface area contributed by atoms with Gasteiger partial charge in [-0.1, -0.05) is 20.8 Å². The van der Waals surface area contributed by atoms with E-state index in [2.05, 4.69) is 30.8 Å². The molecule has 17 heavy (non-hydrogen) atoms. The van der Waals surface area contributed by atoms with E-state index < -0.39 is 12.8 Å². The van der Waals surface area contributed by atoms with Gasteiger partial charge in [0, 0.05) is 12.6 Å². The summed E-state index contributed by atoms with van der Waals surface area (Å²) < 4.78 is 40.3. The Labute approximate surface area is 102 Å². The molecular weight excluding hydrogens is 231 g/mol. The zero-order valence-electron chi connectivity index (χ0n) is 11.1. The third-order valence-electron chi connectivity index (χ3n) is 2.89. The van der Waals surface area contributed by atoms with Gasteiger partial charge in [-0.2, -0.15) is 13.2 Å². The number of hydrogen-bond acceptors (Lipinski definition) is 2. The van der Waals surface area contributed by atoms with Gasteiger partial charge in [-0.3, -0.25) is 0 Å². The fraction of sp³-hybridized carbons (Fsp3) is 1.00. The van der Waals surface area contributed by atoms with Gasteiger partial charge in [0.05, 0.1) is 0 Å². The summed E-state index contributed by atoms with van der Waals surface area (Å²) in [5.41, 5.74) is 0. The number of halogens is 3. The lowest BCUT2D eigenvalue weighted by Crippen LogP contribution is -2.36. The molecule has 0 spiro atoms. The number of hydrogen-bond donors (Lipinski definition) is 1. The molecule has 0 aromatic rings. The highest BCUT2D eigenvalue weighted by Gasteiger charge is 2.28. The highest BCUT2D eigenvalue weighted by atomic mass is 19.4. The molecular formula is C12H24F3NO. The van der Waals surface area contributed by atoms with Gasteiger partial charge in [0.25, 0.3) is 0 Å². The lowest BCUT2D eigenvalue weighted by molar-refractivity contribution is -0.174. The molecule has 0 aliphatic heterocycles. The second-order valence-corrected chi connectivity index (χ2v) is 4.71. The van der Waals surface area contributed by atoms with Crippen molar-refractivity contribution in [3.63, 3.8) is 0 Å². The second kappa shape index (κ2) is 7.93. The predicted molar refractivity (Wildman–Crippen MR) is 63.0 cm³/mol. The predicted octanol–water partition coefficient (Wildman–Crippen LogP) is 3.23. The molecule has 0 heterocycles. The van der Waals surface area contributed by atoms with Gasteiger partial charge in [0.2, 0.25) is 0 Å². The quantitative estimate of drug-likeness (QED) is 0.672. The Kier molecular flexibility index (Phi) is 7.79. The number of rotatable bonds is 8. The van der Waals surface area contributed by atoms with Gasteiger partial charge >= 0.3 is 6.18 Å². The van der Waals surface area contributed by atoms with Crippen molar-refractivity contribution in [3.05, 3.63) is 0 Å². The summed E-state index contributed by atoms with van der Waals surface area (Å²) >= 11 is 0. The fourth-order valence-electron chi connectivity index (χ4n) is 2.04. The third-order valence-corrected chi connectivity index (χ3v) is 2.89. The molecule has 104 valence electrons. The first-order valence-electron chi connectivity index (χ1n) is 6.15. The van der Waals surface area contributed by atoms with Gasteiger partial charge in [-0.25, -0.2) is 0 Å². The van der Waals surface area contributed by atoms with Crippen LogP contribution in [0.1, 0.15) is 34.1 Å². The Bertz CT molecular complexity index is 195. The van der Waals surface area contributed by atoms with Crippen LogP contribution in [-0.2, 0) is 4.74 Å². The Balaban J connectivity index is 3.94. The molecule has 1 N–H and O–H groups in total. The molecule has 0 saturated carbocycles. The second-order valence-electron chi connectivity index (χ2n) is 4.71. The first kappa shape index (κ1) is 16.7. The van der Waals surface area contributed by atoms with Crippen molar-refractivity contribution in [1.29, 1.82) is 0 Å². The number of nitrogens with one attached hydrogen (secondary N) is 1. The molecule has 0 saturated heterocycles. The molecule has 2 nitrogen and oxygen atoms in total. The molecule has 0 aromatic carbocycles. The molecule has 0 fully saturated rings. The molecule has 2 unspecified atom stereocenters. The molecule has 0 rings (SSSR count). The van der Waals surface area contributed by atoms with E-state index in [1.165, 1.54) is 0 Å². The van der Waals surface area contributed by atoms with E-state index in [1.54, 1.807) is 0 Å². The van der Waals surface area contributed by atoms with Crippen molar-refractivity contribution in [3.8, 4) is 0 Å². The first-order valence-corrected chi connectivity index (χ1v) is 6.15. The minimum absolute atomic E-state index is 0.165. The highest BCUT2D eigenvalue weighted by molar-refractivity contribution is 4.74. The van der Waals surface area contributed by atoms with Gasteiger partial charge in [-0.05, 0) is 31.7 Å². The van der Waals surface area contributed by atoms with E-state index in [9.17, 15) is 13.2 Å². The summed E-state index contributed by atoms with van der Waals surface area (Å²) in [5.74, 6) is 0.765. The lowest BCUT2D eigenvalue weighted by atomic mass is 9.86. The average molecular weight is 255 g/mol. The van der Waals surface area contributed by atoms with Crippen LogP contribution in [0.3, 0.4) is 0 Å². The Morgan fingerprint density at radius 1 is 1.18 bits per heavy atom. The van der Waals surface area contributed by atoms with E-state index in [-0.39, 0.29) is 6.61 Å². The van der Waals surface area contributed by atoms with Crippen molar-refractivity contribution < 1.29 is 17.9 Å². The maximum Gasteiger partial charge on any atom is 0.411 e. The smallest absolute Gasteiger partial charge is 0.372 e. The van der Waals surface area contributed by atoms with Crippen LogP contribution in [0.5, 0.6) is 0 Å². The molecule has 2 atom stereocenters. The van der Waals surface area contributed by atoms with Crippen LogP contribution in [0.25, 0.3) is 0 Å². The van der Waals surface area contributed by atoms with Crippen LogP contribution >= 0.6 is 0 Å². The Morgan fingerprint density at radius 2 is 1.76 bits per heavy atom. The normalized spacial score (nSPS) is 16.2. The van der Waals surface area contributed by atoms with Crippen LogP contribution in [0.15, 0.2) is 0 Å². The van der Waals surface area contributed by atoms with E-state index in [0.29, 0.717) is 24.3 Å². The topological polar surface area (TPSA) is 21.3 Å². The standard InChI is InChI=1S/C12H24F3NO/c1-5-16-10(4)11(9(2)3)6-7-17-8-12(13,14)15/h9-11,16H,5-8H2,1-4H3. The minimum Gasteiger partial charge on any atom is -0.372 e. The fourth-order valence-corrected chi connectivity index (χ4v) is 2.04. The van der Waals surface area contributed by atoms with Crippen LogP contribution in [0.2, 0.25) is 0 Å². The van der Waals surface area contributed by atoms with Crippen LogP contribution < -0.4 is 5.32 Å². The maximum absolute atomic E-state index is 11.9. The molecule has 0 bridgehead atoms. The van der Waals surface area contributed by atoms with Crippen molar-refractivity contribution in [2.45, 2.75) is 46.3 Å². The molecule has 0 radical (unpaired) electrons. The summed E-state index contributed by atoms with van der Waals surface area (Å²) in [4.78, 5) is 0. The number of alkyl halides is 3. The minimum atomic E-state index is -4.22. The summed E-state index contributed by atoms with van der Waals surface area (Å²) in [6.45, 7) is 8.15. The maximum atomic E-state index is 11.9. The number of ether oxygens (including phenoxy) is 1. The van der Waals surface area contributed by atoms with E-state index in [1.807, 2.05) is 6.92 Å². The van der Waals surface area contributed by atoms with Gasteiger partial charge in [0.1, 0.15) is 6.61 Å². The molecule has 0 aliphatic carbocycles. The monoisotopic (exact) mass is 255 g/mol. The van der Waals surface area contributed by atoms with Gasteiger partial charge < -0.3 is 10.1 Å². The lowest BCUT2D eigenvalue weighted by Gasteiger charge is -2.28. The third kappa shape index (κ3) is 8.44. The average Bonchev–Trinajstić information content (AvgIpc) is 2.15. The zero-order chi connectivity index (χ0) is 13.5. The van der Waals surface area contributed by atoms with Crippen LogP contribution in [0.4, 0.5) is 13.2 Å². The van der Waals surface area contributed by atoms with Crippen molar-refractivity contribution >= 4 is 0 Å². The first-order chi connectivity index (χ1) is 7.78. The molecule has 0 aromatic heterocycles. The molecule has 0 aliphatic rings. The van der Waals surface area contributed by atoms with Crippen molar-refractivity contribution in [2.24, 2.45) is 11.8 Å². The molecule has 5 heteroatoms. The SMILES string of the molecule is CCNC(C)C(CCOCC(F)(F)F)C(C)C. The van der Waals surface area contributed by atoms with E-state index >= 15 is 0 Å². The summed E-state index contributed by atoms with van der Waals surface area (Å²) in [6.07, 6.45) is -3.57. The van der Waals surface area contributed by atoms with Crippen molar-refractivity contribution in [1.82, 2.24) is 5.32 Å². The summed E-state index contributed by atoms with van der Waals surface area (Å²) in [7, 11) is 0. The Hall–Kier alpha value is -0.290. The van der Waals surface area contributed by atoms with Crippen molar-refractivity contribution in [2.75, 3.05) is 19.8 Å². The van der Waals surface area contributed by atoms with Crippen LogP contribution in [0, 0.1) is 11.8 Å². The van der Waals surface area contributed by atoms with Gasteiger partial charge in [0.15, 0.2) is 0 Å². The summed E-state index contributed by atoms with van der Waals surface area (Å²) in [6, 6.07) is 0.300. The largest absolute Gasteiger partial charge is 0.411 e. The van der Waals surface area contributed by atoms with E-state index in [4.69, 9.17) is 0 Å². The van der Waals surface area contributed by atoms with Gasteiger partial charge in [-0.15, -0.1) is 0 Å². The summed E-state index contributed by atoms with van der Waals surface area (Å²) in [5, 5.41) is 3.31. The van der Waals surface area contributed by atoms with Crippen LogP contribution in [-0.4, -0.2) is 32.0 Å². The van der Waals surface area contributed by atoms with E-state index in [0.717, 1.165) is 6.54 Å². The highest BCUT2D eigenvalue weighted by Crippen LogP contribution is 2.20.